The molecule has 102 valence electrons. The number of rotatable bonds is 3. The maximum Gasteiger partial charge on any atom is 0.326 e. The summed E-state index contributed by atoms with van der Waals surface area (Å²) in [7, 11) is 0. The standard InChI is InChI=1S/C15H19NO3/c1-3-10(2)14(17)16-9-12-7-5-4-6-11(12)8-13(16)15(18)19/h4-7,10,13H,3,8-9H2,1-2H3,(H,18,19)/t10-,13+/m1/s1. The van der Waals surface area contributed by atoms with Gasteiger partial charge in [0.2, 0.25) is 5.91 Å². The van der Waals surface area contributed by atoms with Crippen molar-refractivity contribution in [2.45, 2.75) is 39.3 Å². The summed E-state index contributed by atoms with van der Waals surface area (Å²) in [5.41, 5.74) is 2.08. The number of fused-ring (bicyclic) bond motifs is 1. The van der Waals surface area contributed by atoms with Crippen molar-refractivity contribution in [3.05, 3.63) is 35.4 Å². The molecule has 1 N–H and O–H groups in total. The zero-order chi connectivity index (χ0) is 14.0. The monoisotopic (exact) mass is 261 g/mol. The highest BCUT2D eigenvalue weighted by molar-refractivity contribution is 5.85. The molecule has 0 spiro atoms. The van der Waals surface area contributed by atoms with Gasteiger partial charge in [0.05, 0.1) is 0 Å². The lowest BCUT2D eigenvalue weighted by Crippen LogP contribution is -2.50. The molecule has 2 atom stereocenters. The van der Waals surface area contributed by atoms with E-state index in [1.165, 1.54) is 4.90 Å². The Morgan fingerprint density at radius 3 is 2.58 bits per heavy atom. The van der Waals surface area contributed by atoms with Crippen LogP contribution in [0.25, 0.3) is 0 Å². The second-order valence-corrected chi connectivity index (χ2v) is 5.10. The van der Waals surface area contributed by atoms with E-state index in [1.807, 2.05) is 38.1 Å². The Kier molecular flexibility index (Phi) is 3.88. The second kappa shape index (κ2) is 5.43. The van der Waals surface area contributed by atoms with Crippen LogP contribution < -0.4 is 0 Å². The first-order valence-electron chi connectivity index (χ1n) is 6.64. The lowest BCUT2D eigenvalue weighted by Gasteiger charge is -2.35. The molecule has 0 fully saturated rings. The zero-order valence-electron chi connectivity index (χ0n) is 11.3. The number of carboxylic acid groups (broad SMARTS) is 1. The molecule has 2 rings (SSSR count). The van der Waals surface area contributed by atoms with Crippen molar-refractivity contribution in [1.82, 2.24) is 4.90 Å². The number of carbonyl (C=O) groups is 2. The van der Waals surface area contributed by atoms with Crippen LogP contribution in [0.1, 0.15) is 31.4 Å². The number of nitrogens with zero attached hydrogens (tertiary/aromatic N) is 1. The van der Waals surface area contributed by atoms with Crippen LogP contribution in [0, 0.1) is 5.92 Å². The summed E-state index contributed by atoms with van der Waals surface area (Å²) in [6.45, 7) is 4.19. The topological polar surface area (TPSA) is 57.6 Å². The Hall–Kier alpha value is -1.84. The fraction of sp³-hybridized carbons (Fsp3) is 0.467. The number of hydrogen-bond acceptors (Lipinski definition) is 2. The van der Waals surface area contributed by atoms with E-state index in [0.717, 1.165) is 17.5 Å². The van der Waals surface area contributed by atoms with Gasteiger partial charge in [0.15, 0.2) is 0 Å². The molecular weight excluding hydrogens is 242 g/mol. The molecule has 1 aromatic rings. The van der Waals surface area contributed by atoms with Crippen LogP contribution in [0.5, 0.6) is 0 Å². The van der Waals surface area contributed by atoms with Crippen molar-refractivity contribution in [3.8, 4) is 0 Å². The fourth-order valence-corrected chi connectivity index (χ4v) is 2.43. The molecule has 1 amide bonds. The molecule has 0 unspecified atom stereocenters. The van der Waals surface area contributed by atoms with Crippen LogP contribution in [0.15, 0.2) is 24.3 Å². The molecule has 1 aliphatic rings. The summed E-state index contributed by atoms with van der Waals surface area (Å²) in [4.78, 5) is 25.2. The molecule has 1 aromatic carbocycles. The first kappa shape index (κ1) is 13.6. The van der Waals surface area contributed by atoms with Crippen LogP contribution in [0.2, 0.25) is 0 Å². The normalized spacial score (nSPS) is 19.7. The van der Waals surface area contributed by atoms with Crippen molar-refractivity contribution in [2.24, 2.45) is 5.92 Å². The van der Waals surface area contributed by atoms with Gasteiger partial charge in [-0.05, 0) is 17.5 Å². The third-order valence-corrected chi connectivity index (χ3v) is 3.85. The maximum atomic E-state index is 12.3. The molecular formula is C15H19NO3. The molecule has 4 nitrogen and oxygen atoms in total. The second-order valence-electron chi connectivity index (χ2n) is 5.10. The highest BCUT2D eigenvalue weighted by Crippen LogP contribution is 2.25. The van der Waals surface area contributed by atoms with Gasteiger partial charge in [0.25, 0.3) is 0 Å². The van der Waals surface area contributed by atoms with E-state index in [4.69, 9.17) is 0 Å². The Bertz CT molecular complexity index is 498. The molecule has 0 bridgehead atoms. The van der Waals surface area contributed by atoms with Crippen molar-refractivity contribution in [2.75, 3.05) is 0 Å². The number of amides is 1. The van der Waals surface area contributed by atoms with Crippen LogP contribution in [-0.2, 0) is 22.6 Å². The van der Waals surface area contributed by atoms with Gasteiger partial charge in [0, 0.05) is 18.9 Å². The maximum absolute atomic E-state index is 12.3. The summed E-state index contributed by atoms with van der Waals surface area (Å²) >= 11 is 0. The summed E-state index contributed by atoms with van der Waals surface area (Å²) < 4.78 is 0. The SMILES string of the molecule is CC[C@@H](C)C(=O)N1Cc2ccccc2C[C@H]1C(=O)O. The van der Waals surface area contributed by atoms with Crippen molar-refractivity contribution in [1.29, 1.82) is 0 Å². The van der Waals surface area contributed by atoms with Gasteiger partial charge in [-0.3, -0.25) is 4.79 Å². The molecule has 1 aliphatic heterocycles. The Morgan fingerprint density at radius 1 is 1.37 bits per heavy atom. The molecule has 4 heteroatoms. The van der Waals surface area contributed by atoms with Crippen molar-refractivity contribution >= 4 is 11.9 Å². The third-order valence-electron chi connectivity index (χ3n) is 3.85. The smallest absolute Gasteiger partial charge is 0.326 e. The van der Waals surface area contributed by atoms with Gasteiger partial charge in [-0.25, -0.2) is 4.79 Å². The van der Waals surface area contributed by atoms with E-state index < -0.39 is 12.0 Å². The molecule has 0 aromatic heterocycles. The van der Waals surface area contributed by atoms with Gasteiger partial charge >= 0.3 is 5.97 Å². The van der Waals surface area contributed by atoms with E-state index in [9.17, 15) is 14.7 Å². The van der Waals surface area contributed by atoms with E-state index in [1.54, 1.807) is 0 Å². The van der Waals surface area contributed by atoms with Crippen LogP contribution >= 0.6 is 0 Å². The molecule has 0 saturated carbocycles. The molecule has 0 saturated heterocycles. The Morgan fingerprint density at radius 2 is 2.00 bits per heavy atom. The average molecular weight is 261 g/mol. The summed E-state index contributed by atoms with van der Waals surface area (Å²) in [6, 6.07) is 6.99. The molecule has 19 heavy (non-hydrogen) atoms. The minimum absolute atomic E-state index is 0.0654. The van der Waals surface area contributed by atoms with Crippen molar-refractivity contribution in [3.63, 3.8) is 0 Å². The predicted octanol–water partition coefficient (Wildman–Crippen LogP) is 2.07. The van der Waals surface area contributed by atoms with Crippen LogP contribution in [0.4, 0.5) is 0 Å². The van der Waals surface area contributed by atoms with Gasteiger partial charge in [0.1, 0.15) is 6.04 Å². The van der Waals surface area contributed by atoms with Crippen LogP contribution in [-0.4, -0.2) is 27.9 Å². The minimum atomic E-state index is -0.925. The first-order chi connectivity index (χ1) is 9.04. The van der Waals surface area contributed by atoms with Gasteiger partial charge < -0.3 is 10.0 Å². The third kappa shape index (κ3) is 2.62. The summed E-state index contributed by atoms with van der Waals surface area (Å²) in [5.74, 6) is -1.12. The first-order valence-corrected chi connectivity index (χ1v) is 6.64. The molecule has 0 radical (unpaired) electrons. The lowest BCUT2D eigenvalue weighted by molar-refractivity contribution is -0.153. The number of aliphatic carboxylic acids is 1. The summed E-state index contributed by atoms with van der Waals surface area (Å²) in [5, 5.41) is 9.34. The number of carboxylic acids is 1. The Balaban J connectivity index is 2.31. The highest BCUT2D eigenvalue weighted by atomic mass is 16.4. The van der Waals surface area contributed by atoms with E-state index in [2.05, 4.69) is 0 Å². The zero-order valence-corrected chi connectivity index (χ0v) is 11.3. The number of carbonyl (C=O) groups excluding carboxylic acids is 1. The molecule has 0 aliphatic carbocycles. The quantitative estimate of drug-likeness (QED) is 0.906. The van der Waals surface area contributed by atoms with Gasteiger partial charge in [-0.1, -0.05) is 38.1 Å². The fourth-order valence-electron chi connectivity index (χ4n) is 2.43. The van der Waals surface area contributed by atoms with Gasteiger partial charge in [-0.15, -0.1) is 0 Å². The number of benzene rings is 1. The van der Waals surface area contributed by atoms with Crippen molar-refractivity contribution < 1.29 is 14.7 Å². The van der Waals surface area contributed by atoms with E-state index >= 15 is 0 Å². The van der Waals surface area contributed by atoms with E-state index in [-0.39, 0.29) is 11.8 Å². The largest absolute Gasteiger partial charge is 0.480 e. The van der Waals surface area contributed by atoms with Crippen LogP contribution in [0.3, 0.4) is 0 Å². The van der Waals surface area contributed by atoms with Gasteiger partial charge in [-0.2, -0.15) is 0 Å². The molecule has 1 heterocycles. The Labute approximate surface area is 113 Å². The number of hydrogen-bond donors (Lipinski definition) is 1. The lowest BCUT2D eigenvalue weighted by atomic mass is 9.92. The predicted molar refractivity (Wildman–Crippen MR) is 71.6 cm³/mol. The average Bonchev–Trinajstić information content (AvgIpc) is 2.44. The minimum Gasteiger partial charge on any atom is -0.480 e. The summed E-state index contributed by atoms with van der Waals surface area (Å²) in [6.07, 6.45) is 1.12. The van der Waals surface area contributed by atoms with E-state index in [0.29, 0.717) is 13.0 Å². The highest BCUT2D eigenvalue weighted by Gasteiger charge is 2.35.